The van der Waals surface area contributed by atoms with Crippen LogP contribution in [0.1, 0.15) is 21.5 Å². The topological polar surface area (TPSA) is 65.8 Å². The number of hydrogen-bond acceptors (Lipinski definition) is 3. The van der Waals surface area contributed by atoms with Crippen LogP contribution in [0.5, 0.6) is 0 Å². The second-order valence-corrected chi connectivity index (χ2v) is 6.39. The van der Waals surface area contributed by atoms with Crippen molar-refractivity contribution in [2.75, 3.05) is 0 Å². The highest BCUT2D eigenvalue weighted by atomic mass is 35.5. The van der Waals surface area contributed by atoms with E-state index in [1.165, 1.54) is 6.20 Å². The first kappa shape index (κ1) is 17.9. The molecule has 0 unspecified atom stereocenters. The van der Waals surface area contributed by atoms with Gasteiger partial charge in [-0.15, -0.1) is 0 Å². The van der Waals surface area contributed by atoms with Gasteiger partial charge >= 0.3 is 0 Å². The molecule has 6 heteroatoms. The number of nitrogens with zero attached hydrogens (tertiary/aromatic N) is 2. The second-order valence-electron chi connectivity index (χ2n) is 5.54. The third-order valence-corrected chi connectivity index (χ3v) is 4.35. The van der Waals surface area contributed by atoms with Crippen LogP contribution in [0.25, 0.3) is 11.3 Å². The molecule has 1 heterocycles. The summed E-state index contributed by atoms with van der Waals surface area (Å²) in [5.41, 5.74) is 3.28. The van der Waals surface area contributed by atoms with E-state index in [0.29, 0.717) is 21.2 Å². The Morgan fingerprint density at radius 3 is 2.62 bits per heavy atom. The van der Waals surface area contributed by atoms with Gasteiger partial charge in [0.15, 0.2) is 0 Å². The third-order valence-electron chi connectivity index (χ3n) is 3.77. The van der Waals surface area contributed by atoms with Crippen molar-refractivity contribution in [3.8, 4) is 17.3 Å². The van der Waals surface area contributed by atoms with Gasteiger partial charge in [-0.2, -0.15) is 5.26 Å². The minimum absolute atomic E-state index is 0.254. The average Bonchev–Trinajstić information content (AvgIpc) is 2.67. The van der Waals surface area contributed by atoms with Gasteiger partial charge < -0.3 is 5.32 Å². The summed E-state index contributed by atoms with van der Waals surface area (Å²) in [5, 5.41) is 12.7. The van der Waals surface area contributed by atoms with Crippen molar-refractivity contribution in [1.82, 2.24) is 10.3 Å². The minimum atomic E-state index is -0.254. The molecular weight excluding hydrogens is 369 g/mol. The van der Waals surface area contributed by atoms with Crippen LogP contribution >= 0.6 is 23.2 Å². The van der Waals surface area contributed by atoms with Crippen molar-refractivity contribution in [3.05, 3.63) is 87.5 Å². The van der Waals surface area contributed by atoms with Crippen molar-refractivity contribution in [1.29, 1.82) is 5.26 Å². The third kappa shape index (κ3) is 4.20. The molecule has 0 bridgehead atoms. The maximum Gasteiger partial charge on any atom is 0.253 e. The number of carbonyl (C=O) groups excluding carboxylic acids is 1. The van der Waals surface area contributed by atoms with Gasteiger partial charge in [-0.3, -0.25) is 9.78 Å². The van der Waals surface area contributed by atoms with Crippen LogP contribution in [0.2, 0.25) is 10.0 Å². The largest absolute Gasteiger partial charge is 0.348 e. The van der Waals surface area contributed by atoms with E-state index in [2.05, 4.69) is 10.3 Å². The highest BCUT2D eigenvalue weighted by Crippen LogP contribution is 2.21. The number of amides is 1. The highest BCUT2D eigenvalue weighted by molar-refractivity contribution is 6.31. The maximum atomic E-state index is 12.3. The molecule has 0 saturated carbocycles. The number of nitriles is 1. The van der Waals surface area contributed by atoms with E-state index < -0.39 is 0 Å². The summed E-state index contributed by atoms with van der Waals surface area (Å²) in [4.78, 5) is 16.6. The highest BCUT2D eigenvalue weighted by Gasteiger charge is 2.09. The van der Waals surface area contributed by atoms with Crippen LogP contribution in [0.4, 0.5) is 0 Å². The number of pyridine rings is 1. The van der Waals surface area contributed by atoms with Crippen LogP contribution in [-0.4, -0.2) is 10.9 Å². The number of carbonyl (C=O) groups is 1. The molecule has 0 fully saturated rings. The number of rotatable bonds is 4. The van der Waals surface area contributed by atoms with Crippen molar-refractivity contribution in [2.45, 2.75) is 6.54 Å². The number of hydrogen-bond donors (Lipinski definition) is 1. The van der Waals surface area contributed by atoms with Gasteiger partial charge in [0, 0.05) is 28.4 Å². The minimum Gasteiger partial charge on any atom is -0.348 e. The van der Waals surface area contributed by atoms with Crippen molar-refractivity contribution >= 4 is 29.1 Å². The summed E-state index contributed by atoms with van der Waals surface area (Å²) in [6.07, 6.45) is 1.52. The van der Waals surface area contributed by atoms with E-state index in [4.69, 9.17) is 28.5 Å². The molecule has 0 spiro atoms. The Hall–Kier alpha value is -2.87. The summed E-state index contributed by atoms with van der Waals surface area (Å²) in [6.45, 7) is 0.263. The van der Waals surface area contributed by atoms with Crippen molar-refractivity contribution < 1.29 is 4.79 Å². The number of nitrogens with one attached hydrogen (secondary N) is 1. The van der Waals surface area contributed by atoms with Gasteiger partial charge in [-0.25, -0.2) is 0 Å². The molecule has 3 rings (SSSR count). The monoisotopic (exact) mass is 381 g/mol. The SMILES string of the molecule is N#Cc1ccc(CNC(=O)c2ccc(-c3cccc(Cl)c3)nc2)c(Cl)c1. The predicted octanol–water partition coefficient (Wildman–Crippen LogP) is 4.86. The van der Waals surface area contributed by atoms with Crippen LogP contribution < -0.4 is 5.32 Å². The van der Waals surface area contributed by atoms with E-state index in [0.717, 1.165) is 16.8 Å². The Balaban J connectivity index is 1.68. The second kappa shape index (κ2) is 8.01. The lowest BCUT2D eigenvalue weighted by molar-refractivity contribution is 0.0950. The first-order chi connectivity index (χ1) is 12.6. The molecule has 4 nitrogen and oxygen atoms in total. The molecule has 0 radical (unpaired) electrons. The van der Waals surface area contributed by atoms with Crippen LogP contribution in [0.15, 0.2) is 60.8 Å². The predicted molar refractivity (Wildman–Crippen MR) is 102 cm³/mol. The molecule has 26 heavy (non-hydrogen) atoms. The fourth-order valence-corrected chi connectivity index (χ4v) is 2.82. The van der Waals surface area contributed by atoms with E-state index in [1.54, 1.807) is 36.4 Å². The summed E-state index contributed by atoms with van der Waals surface area (Å²) < 4.78 is 0. The molecule has 1 aromatic heterocycles. The number of halogens is 2. The zero-order valence-electron chi connectivity index (χ0n) is 13.5. The van der Waals surface area contributed by atoms with Gasteiger partial charge in [0.1, 0.15) is 0 Å². The van der Waals surface area contributed by atoms with Crippen LogP contribution in [0.3, 0.4) is 0 Å². The first-order valence-electron chi connectivity index (χ1n) is 7.75. The Morgan fingerprint density at radius 1 is 1.12 bits per heavy atom. The molecule has 0 aliphatic heterocycles. The lowest BCUT2D eigenvalue weighted by atomic mass is 10.1. The zero-order chi connectivity index (χ0) is 18.5. The molecule has 2 aromatic carbocycles. The van der Waals surface area contributed by atoms with Gasteiger partial charge in [0.2, 0.25) is 0 Å². The molecule has 0 aliphatic rings. The molecule has 3 aromatic rings. The van der Waals surface area contributed by atoms with Crippen LogP contribution in [0, 0.1) is 11.3 Å². The normalized spacial score (nSPS) is 10.2. The lowest BCUT2D eigenvalue weighted by Crippen LogP contribution is -2.23. The quantitative estimate of drug-likeness (QED) is 0.701. The fraction of sp³-hybridized carbons (Fsp3) is 0.0500. The molecule has 1 N–H and O–H groups in total. The van der Waals surface area contributed by atoms with E-state index in [1.807, 2.05) is 24.3 Å². The summed E-state index contributed by atoms with van der Waals surface area (Å²) >= 11 is 12.1. The Morgan fingerprint density at radius 2 is 1.96 bits per heavy atom. The summed E-state index contributed by atoms with van der Waals surface area (Å²) in [7, 11) is 0. The van der Waals surface area contributed by atoms with E-state index >= 15 is 0 Å². The smallest absolute Gasteiger partial charge is 0.253 e. The molecule has 0 saturated heterocycles. The first-order valence-corrected chi connectivity index (χ1v) is 8.51. The van der Waals surface area contributed by atoms with E-state index in [9.17, 15) is 4.79 Å². The Kier molecular flexibility index (Phi) is 5.52. The molecule has 1 amide bonds. The summed E-state index contributed by atoms with van der Waals surface area (Å²) in [6, 6.07) is 17.8. The average molecular weight is 382 g/mol. The molecule has 128 valence electrons. The molecular formula is C20H13Cl2N3O. The van der Waals surface area contributed by atoms with Crippen molar-refractivity contribution in [2.24, 2.45) is 0 Å². The van der Waals surface area contributed by atoms with Gasteiger partial charge in [0.05, 0.1) is 22.9 Å². The standard InChI is InChI=1S/C20H13Cl2N3O/c21-17-3-1-2-14(9-17)19-7-6-16(12-24-19)20(26)25-11-15-5-4-13(10-23)8-18(15)22/h1-9,12H,11H2,(H,25,26). The van der Waals surface area contributed by atoms with Crippen LogP contribution in [-0.2, 0) is 6.54 Å². The van der Waals surface area contributed by atoms with E-state index in [-0.39, 0.29) is 12.5 Å². The van der Waals surface area contributed by atoms with Gasteiger partial charge in [0.25, 0.3) is 5.91 Å². The Labute approximate surface area is 161 Å². The zero-order valence-corrected chi connectivity index (χ0v) is 15.1. The fourth-order valence-electron chi connectivity index (χ4n) is 2.38. The molecule has 0 aliphatic carbocycles. The maximum absolute atomic E-state index is 12.3. The number of aromatic nitrogens is 1. The Bertz CT molecular complexity index is 995. The lowest BCUT2D eigenvalue weighted by Gasteiger charge is -2.08. The van der Waals surface area contributed by atoms with Crippen molar-refractivity contribution in [3.63, 3.8) is 0 Å². The number of benzene rings is 2. The van der Waals surface area contributed by atoms with Gasteiger partial charge in [-0.05, 0) is 42.0 Å². The summed E-state index contributed by atoms with van der Waals surface area (Å²) in [5.74, 6) is -0.254. The molecule has 0 atom stereocenters. The van der Waals surface area contributed by atoms with Gasteiger partial charge in [-0.1, -0.05) is 41.4 Å².